The summed E-state index contributed by atoms with van der Waals surface area (Å²) in [7, 11) is 0. The third kappa shape index (κ3) is 2.89. The van der Waals surface area contributed by atoms with Crippen molar-refractivity contribution in [3.63, 3.8) is 0 Å². The molecule has 1 N–H and O–H groups in total. The van der Waals surface area contributed by atoms with Crippen LogP contribution in [0.1, 0.15) is 12.0 Å². The Labute approximate surface area is 129 Å². The Balaban J connectivity index is 1.80. The van der Waals surface area contributed by atoms with Gasteiger partial charge in [0.2, 0.25) is 0 Å². The zero-order valence-electron chi connectivity index (χ0n) is 12.4. The fraction of sp³-hybridized carbons (Fsp3) is 0.533. The van der Waals surface area contributed by atoms with E-state index in [-0.39, 0.29) is 10.6 Å². The van der Waals surface area contributed by atoms with Crippen LogP contribution >= 0.6 is 0 Å². The largest absolute Gasteiger partial charge is 0.364 e. The fourth-order valence-corrected chi connectivity index (χ4v) is 3.31. The molecule has 2 saturated heterocycles. The highest BCUT2D eigenvalue weighted by Gasteiger charge is 2.31. The molecule has 3 rings (SSSR count). The van der Waals surface area contributed by atoms with Gasteiger partial charge in [0.25, 0.3) is 5.69 Å². The van der Waals surface area contributed by atoms with Gasteiger partial charge in [-0.15, -0.1) is 0 Å². The Morgan fingerprint density at radius 3 is 2.77 bits per heavy atom. The summed E-state index contributed by atoms with van der Waals surface area (Å²) in [5, 5.41) is 23.6. The van der Waals surface area contributed by atoms with E-state index < -0.39 is 0 Å². The van der Waals surface area contributed by atoms with Gasteiger partial charge in [0.05, 0.1) is 16.6 Å². The first kappa shape index (κ1) is 14.8. The summed E-state index contributed by atoms with van der Waals surface area (Å²) in [4.78, 5) is 15.4. The summed E-state index contributed by atoms with van der Waals surface area (Å²) in [5.41, 5.74) is 1.12. The van der Waals surface area contributed by atoms with Crippen molar-refractivity contribution in [2.75, 3.05) is 44.2 Å². The Hall–Kier alpha value is -2.17. The first-order valence-corrected chi connectivity index (χ1v) is 7.57. The zero-order chi connectivity index (χ0) is 15.5. The predicted octanol–water partition coefficient (Wildman–Crippen LogP) is 0.950. The fourth-order valence-electron chi connectivity index (χ4n) is 3.31. The number of piperazine rings is 1. The highest BCUT2D eigenvalue weighted by molar-refractivity contribution is 5.66. The van der Waals surface area contributed by atoms with Gasteiger partial charge in [0.15, 0.2) is 0 Å². The number of rotatable bonds is 3. The number of nitrogens with one attached hydrogen (secondary N) is 1. The number of benzene rings is 1. The van der Waals surface area contributed by atoms with Crippen molar-refractivity contribution in [3.05, 3.63) is 33.9 Å². The van der Waals surface area contributed by atoms with Crippen LogP contribution in [0.2, 0.25) is 0 Å². The van der Waals surface area contributed by atoms with E-state index in [2.05, 4.69) is 16.3 Å². The molecule has 2 heterocycles. The van der Waals surface area contributed by atoms with E-state index in [0.717, 1.165) is 45.7 Å². The number of anilines is 1. The molecule has 2 aliphatic heterocycles. The number of nitro benzene ring substituents is 1. The lowest BCUT2D eigenvalue weighted by atomic mass is 10.1. The first-order valence-electron chi connectivity index (χ1n) is 7.57. The summed E-state index contributed by atoms with van der Waals surface area (Å²) in [6, 6.07) is 7.08. The zero-order valence-corrected chi connectivity index (χ0v) is 12.4. The average molecular weight is 301 g/mol. The minimum Gasteiger partial charge on any atom is -0.364 e. The van der Waals surface area contributed by atoms with E-state index in [1.54, 1.807) is 6.07 Å². The van der Waals surface area contributed by atoms with Crippen LogP contribution < -0.4 is 10.2 Å². The molecule has 1 unspecified atom stereocenters. The topological polar surface area (TPSA) is 85.4 Å². The Morgan fingerprint density at radius 1 is 1.32 bits per heavy atom. The molecule has 2 fully saturated rings. The Bertz CT molecular complexity index is 606. The molecule has 0 saturated carbocycles. The van der Waals surface area contributed by atoms with Crippen LogP contribution in [0.4, 0.5) is 11.4 Å². The van der Waals surface area contributed by atoms with E-state index in [0.29, 0.717) is 17.3 Å². The maximum atomic E-state index is 11.2. The second-order valence-electron chi connectivity index (χ2n) is 5.75. The molecule has 0 aromatic heterocycles. The van der Waals surface area contributed by atoms with Gasteiger partial charge in [-0.2, -0.15) is 5.26 Å². The minimum atomic E-state index is -0.366. The number of hydrogen-bond acceptors (Lipinski definition) is 6. The van der Waals surface area contributed by atoms with Gasteiger partial charge in [-0.25, -0.2) is 0 Å². The van der Waals surface area contributed by atoms with Crippen LogP contribution in [0.3, 0.4) is 0 Å². The normalized spacial score (nSPS) is 22.5. The Morgan fingerprint density at radius 2 is 2.09 bits per heavy atom. The molecule has 116 valence electrons. The molecule has 2 aliphatic rings. The quantitative estimate of drug-likeness (QED) is 0.661. The summed E-state index contributed by atoms with van der Waals surface area (Å²) >= 11 is 0. The van der Waals surface area contributed by atoms with Crippen LogP contribution in [0, 0.1) is 21.4 Å². The van der Waals surface area contributed by atoms with Crippen LogP contribution in [0.15, 0.2) is 18.2 Å². The average Bonchev–Trinajstić information content (AvgIpc) is 3.05. The standard InChI is InChI=1S/C15H19N5O2/c16-10-12-1-2-14(20(21)22)15(9-12)19-6-3-13(11-19)18-7-4-17-5-8-18/h1-2,9,13,17H,3-8,11H2. The maximum absolute atomic E-state index is 11.2. The van der Waals surface area contributed by atoms with Crippen molar-refractivity contribution in [2.45, 2.75) is 12.5 Å². The second-order valence-corrected chi connectivity index (χ2v) is 5.75. The van der Waals surface area contributed by atoms with Crippen molar-refractivity contribution in [1.82, 2.24) is 10.2 Å². The molecule has 0 bridgehead atoms. The number of hydrogen-bond donors (Lipinski definition) is 1. The smallest absolute Gasteiger partial charge is 0.292 e. The Kier molecular flexibility index (Phi) is 4.22. The van der Waals surface area contributed by atoms with Gasteiger partial charge in [0, 0.05) is 51.4 Å². The van der Waals surface area contributed by atoms with Crippen molar-refractivity contribution in [3.8, 4) is 6.07 Å². The lowest BCUT2D eigenvalue weighted by Crippen LogP contribution is -2.49. The van der Waals surface area contributed by atoms with Crippen molar-refractivity contribution in [1.29, 1.82) is 5.26 Å². The van der Waals surface area contributed by atoms with Crippen LogP contribution in [0.25, 0.3) is 0 Å². The lowest BCUT2D eigenvalue weighted by Gasteiger charge is -2.32. The van der Waals surface area contributed by atoms with Gasteiger partial charge in [-0.1, -0.05) is 0 Å². The summed E-state index contributed by atoms with van der Waals surface area (Å²) in [6.07, 6.45) is 1.01. The van der Waals surface area contributed by atoms with E-state index in [1.165, 1.54) is 12.1 Å². The molecule has 1 atom stereocenters. The molecule has 7 nitrogen and oxygen atoms in total. The molecule has 0 amide bonds. The van der Waals surface area contributed by atoms with E-state index in [4.69, 9.17) is 5.26 Å². The van der Waals surface area contributed by atoms with Crippen LogP contribution in [-0.4, -0.2) is 55.1 Å². The van der Waals surface area contributed by atoms with E-state index in [9.17, 15) is 10.1 Å². The van der Waals surface area contributed by atoms with Crippen LogP contribution in [-0.2, 0) is 0 Å². The highest BCUT2D eigenvalue weighted by atomic mass is 16.6. The van der Waals surface area contributed by atoms with Gasteiger partial charge in [0.1, 0.15) is 5.69 Å². The van der Waals surface area contributed by atoms with Crippen molar-refractivity contribution < 1.29 is 4.92 Å². The molecule has 1 aromatic carbocycles. The van der Waals surface area contributed by atoms with Gasteiger partial charge < -0.3 is 10.2 Å². The van der Waals surface area contributed by atoms with Gasteiger partial charge >= 0.3 is 0 Å². The van der Waals surface area contributed by atoms with E-state index in [1.807, 2.05) is 4.90 Å². The molecule has 1 aromatic rings. The van der Waals surface area contributed by atoms with Crippen molar-refractivity contribution >= 4 is 11.4 Å². The number of nitriles is 1. The third-order valence-corrected chi connectivity index (χ3v) is 4.47. The van der Waals surface area contributed by atoms with Crippen LogP contribution in [0.5, 0.6) is 0 Å². The lowest BCUT2D eigenvalue weighted by molar-refractivity contribution is -0.384. The molecular weight excluding hydrogens is 282 g/mol. The monoisotopic (exact) mass is 301 g/mol. The molecule has 7 heteroatoms. The molecule has 0 radical (unpaired) electrons. The first-order chi connectivity index (χ1) is 10.7. The van der Waals surface area contributed by atoms with E-state index >= 15 is 0 Å². The van der Waals surface area contributed by atoms with Crippen molar-refractivity contribution in [2.24, 2.45) is 0 Å². The minimum absolute atomic E-state index is 0.0833. The summed E-state index contributed by atoms with van der Waals surface area (Å²) < 4.78 is 0. The third-order valence-electron chi connectivity index (χ3n) is 4.47. The molecule has 22 heavy (non-hydrogen) atoms. The number of nitro groups is 1. The second kappa shape index (κ2) is 6.30. The molecule has 0 spiro atoms. The number of nitrogens with zero attached hydrogens (tertiary/aromatic N) is 4. The van der Waals surface area contributed by atoms with Gasteiger partial charge in [-0.3, -0.25) is 15.0 Å². The van der Waals surface area contributed by atoms with Gasteiger partial charge in [-0.05, 0) is 18.6 Å². The SMILES string of the molecule is N#Cc1ccc([N+](=O)[O-])c(N2CCC(N3CCNCC3)C2)c1. The highest BCUT2D eigenvalue weighted by Crippen LogP contribution is 2.32. The summed E-state index contributed by atoms with van der Waals surface area (Å²) in [5.74, 6) is 0. The maximum Gasteiger partial charge on any atom is 0.292 e. The molecule has 0 aliphatic carbocycles. The molecular formula is C15H19N5O2. The summed E-state index contributed by atoms with van der Waals surface area (Å²) in [6.45, 7) is 5.64. The predicted molar refractivity (Wildman–Crippen MR) is 82.9 cm³/mol.